The van der Waals surface area contributed by atoms with E-state index in [2.05, 4.69) is 0 Å². The summed E-state index contributed by atoms with van der Waals surface area (Å²) in [5.74, 6) is -0.931. The summed E-state index contributed by atoms with van der Waals surface area (Å²) < 4.78 is 29.1. The number of anilines is 1. The first-order valence-corrected chi connectivity index (χ1v) is 9.34. The van der Waals surface area contributed by atoms with Crippen molar-refractivity contribution in [2.75, 3.05) is 24.2 Å². The Kier molecular flexibility index (Phi) is 5.58. The zero-order chi connectivity index (χ0) is 18.6. The lowest BCUT2D eigenvalue weighted by atomic mass is 10.1. The fourth-order valence-electron chi connectivity index (χ4n) is 2.12. The number of Topliss-reactive ketones (excluding diaryl/α,β-unsaturated/α-hetero) is 1. The Morgan fingerprint density at radius 3 is 2.24 bits per heavy atom. The number of rotatable bonds is 6. The highest BCUT2D eigenvalue weighted by Crippen LogP contribution is 2.16. The summed E-state index contributed by atoms with van der Waals surface area (Å²) in [5, 5.41) is 0. The Morgan fingerprint density at radius 2 is 1.68 bits per heavy atom. The van der Waals surface area contributed by atoms with Gasteiger partial charge >= 0.3 is 5.97 Å². The zero-order valence-corrected chi connectivity index (χ0v) is 15.0. The average molecular weight is 361 g/mol. The van der Waals surface area contributed by atoms with Crippen LogP contribution in [-0.4, -0.2) is 40.1 Å². The summed E-state index contributed by atoms with van der Waals surface area (Å²) in [4.78, 5) is 24.1. The van der Waals surface area contributed by atoms with Crippen LogP contribution in [0.3, 0.4) is 0 Å². The molecule has 2 aromatic carbocycles. The molecule has 132 valence electrons. The number of ether oxygens (including phenoxy) is 1. The van der Waals surface area contributed by atoms with E-state index in [1.165, 1.54) is 31.3 Å². The number of esters is 1. The van der Waals surface area contributed by atoms with Crippen LogP contribution < -0.4 is 4.31 Å². The maximum absolute atomic E-state index is 12.1. The molecule has 0 aliphatic heterocycles. The molecule has 0 aliphatic rings. The molecule has 0 fully saturated rings. The van der Waals surface area contributed by atoms with Gasteiger partial charge in [0.2, 0.25) is 10.0 Å². The second-order valence-electron chi connectivity index (χ2n) is 5.65. The molecular formula is C18H19NO5S. The number of nitrogens with zero attached hydrogens (tertiary/aromatic N) is 1. The van der Waals surface area contributed by atoms with Crippen LogP contribution >= 0.6 is 0 Å². The van der Waals surface area contributed by atoms with Crippen molar-refractivity contribution in [1.82, 2.24) is 0 Å². The van der Waals surface area contributed by atoms with Crippen LogP contribution in [0.4, 0.5) is 5.69 Å². The lowest BCUT2D eigenvalue weighted by Gasteiger charge is -2.16. The monoisotopic (exact) mass is 361 g/mol. The van der Waals surface area contributed by atoms with Crippen LogP contribution in [0.15, 0.2) is 48.5 Å². The molecule has 0 bridgehead atoms. The van der Waals surface area contributed by atoms with E-state index in [0.717, 1.165) is 16.1 Å². The minimum absolute atomic E-state index is 0.336. The van der Waals surface area contributed by atoms with Crippen molar-refractivity contribution in [1.29, 1.82) is 0 Å². The second-order valence-corrected chi connectivity index (χ2v) is 7.66. The van der Waals surface area contributed by atoms with E-state index in [0.29, 0.717) is 16.8 Å². The average Bonchev–Trinajstić information content (AvgIpc) is 2.58. The van der Waals surface area contributed by atoms with Gasteiger partial charge < -0.3 is 4.74 Å². The predicted molar refractivity (Wildman–Crippen MR) is 95.5 cm³/mol. The number of sulfonamides is 1. The lowest BCUT2D eigenvalue weighted by molar-refractivity contribution is 0.0474. The molecule has 0 saturated heterocycles. The van der Waals surface area contributed by atoms with Crippen molar-refractivity contribution in [2.24, 2.45) is 0 Å². The maximum atomic E-state index is 12.1. The largest absolute Gasteiger partial charge is 0.454 e. The summed E-state index contributed by atoms with van der Waals surface area (Å²) >= 11 is 0. The molecule has 0 unspecified atom stereocenters. The first-order valence-electron chi connectivity index (χ1n) is 7.49. The van der Waals surface area contributed by atoms with Crippen LogP contribution in [0.1, 0.15) is 26.3 Å². The normalized spacial score (nSPS) is 11.0. The number of carbonyl (C=O) groups is 2. The molecule has 0 heterocycles. The van der Waals surface area contributed by atoms with E-state index in [9.17, 15) is 18.0 Å². The van der Waals surface area contributed by atoms with Crippen LogP contribution in [0.25, 0.3) is 0 Å². The molecule has 0 aliphatic carbocycles. The van der Waals surface area contributed by atoms with Gasteiger partial charge in [-0.2, -0.15) is 0 Å². The Morgan fingerprint density at radius 1 is 1.04 bits per heavy atom. The highest BCUT2D eigenvalue weighted by atomic mass is 32.2. The Hall–Kier alpha value is -2.67. The smallest absolute Gasteiger partial charge is 0.338 e. The van der Waals surface area contributed by atoms with Gasteiger partial charge in [-0.3, -0.25) is 9.10 Å². The quantitative estimate of drug-likeness (QED) is 0.583. The number of ketones is 1. The predicted octanol–water partition coefficient (Wildman–Crippen LogP) is 2.43. The van der Waals surface area contributed by atoms with Gasteiger partial charge in [-0.15, -0.1) is 0 Å². The molecule has 0 atom stereocenters. The summed E-state index contributed by atoms with van der Waals surface area (Å²) in [6, 6.07) is 13.0. The number of carbonyl (C=O) groups excluding carboxylic acids is 2. The minimum atomic E-state index is -3.37. The Labute approximate surface area is 147 Å². The SMILES string of the molecule is Cc1cccc(C(=O)OCC(=O)c2ccc(N(C)S(C)(=O)=O)cc2)c1. The first kappa shape index (κ1) is 18.7. The van der Waals surface area contributed by atoms with Crippen LogP contribution in [0.2, 0.25) is 0 Å². The van der Waals surface area contributed by atoms with Crippen molar-refractivity contribution < 1.29 is 22.7 Å². The molecular weight excluding hydrogens is 342 g/mol. The van der Waals surface area contributed by atoms with Gasteiger partial charge in [0.1, 0.15) is 0 Å². The van der Waals surface area contributed by atoms with E-state index in [1.54, 1.807) is 18.2 Å². The van der Waals surface area contributed by atoms with Crippen molar-refractivity contribution in [3.63, 3.8) is 0 Å². The molecule has 0 radical (unpaired) electrons. The fraction of sp³-hybridized carbons (Fsp3) is 0.222. The number of aryl methyl sites for hydroxylation is 1. The van der Waals surface area contributed by atoms with Gasteiger partial charge in [-0.25, -0.2) is 13.2 Å². The first-order chi connectivity index (χ1) is 11.7. The van der Waals surface area contributed by atoms with Crippen molar-refractivity contribution in [3.05, 3.63) is 65.2 Å². The molecule has 6 nitrogen and oxygen atoms in total. The second kappa shape index (κ2) is 7.48. The fourth-order valence-corrected chi connectivity index (χ4v) is 2.62. The highest BCUT2D eigenvalue weighted by molar-refractivity contribution is 7.92. The molecule has 0 saturated carbocycles. The third-order valence-corrected chi connectivity index (χ3v) is 4.84. The number of hydrogen-bond acceptors (Lipinski definition) is 5. The van der Waals surface area contributed by atoms with E-state index in [-0.39, 0.29) is 12.4 Å². The molecule has 7 heteroatoms. The summed E-state index contributed by atoms with van der Waals surface area (Å²) in [6.45, 7) is 1.48. The van der Waals surface area contributed by atoms with Crippen LogP contribution in [0.5, 0.6) is 0 Å². The third-order valence-electron chi connectivity index (χ3n) is 3.64. The van der Waals surface area contributed by atoms with Crippen molar-refractivity contribution in [3.8, 4) is 0 Å². The zero-order valence-electron chi connectivity index (χ0n) is 14.2. The van der Waals surface area contributed by atoms with Gasteiger partial charge in [-0.05, 0) is 43.3 Å². The van der Waals surface area contributed by atoms with Crippen LogP contribution in [-0.2, 0) is 14.8 Å². The standard InChI is InChI=1S/C18H19NO5S/c1-13-5-4-6-15(11-13)18(21)24-12-17(20)14-7-9-16(10-8-14)19(2)25(3,22)23/h4-11H,12H2,1-3H3. The van der Waals surface area contributed by atoms with Gasteiger partial charge in [0.25, 0.3) is 0 Å². The van der Waals surface area contributed by atoms with Crippen LogP contribution in [0, 0.1) is 6.92 Å². The van der Waals surface area contributed by atoms with E-state index < -0.39 is 16.0 Å². The topological polar surface area (TPSA) is 80.8 Å². The highest BCUT2D eigenvalue weighted by Gasteiger charge is 2.14. The molecule has 0 N–H and O–H groups in total. The molecule has 2 aromatic rings. The summed E-state index contributed by atoms with van der Waals surface area (Å²) in [6.07, 6.45) is 1.09. The Bertz CT molecular complexity index is 888. The summed E-state index contributed by atoms with van der Waals surface area (Å²) in [5.41, 5.74) is 2.09. The molecule has 2 rings (SSSR count). The van der Waals surface area contributed by atoms with Crippen molar-refractivity contribution in [2.45, 2.75) is 6.92 Å². The van der Waals surface area contributed by atoms with Gasteiger partial charge in [-0.1, -0.05) is 17.7 Å². The summed E-state index contributed by atoms with van der Waals surface area (Å²) in [7, 11) is -1.94. The van der Waals surface area contributed by atoms with Gasteiger partial charge in [0.05, 0.1) is 17.5 Å². The maximum Gasteiger partial charge on any atom is 0.338 e. The Balaban J connectivity index is 2.00. The van der Waals surface area contributed by atoms with E-state index in [4.69, 9.17) is 4.74 Å². The molecule has 0 aromatic heterocycles. The van der Waals surface area contributed by atoms with Gasteiger partial charge in [0, 0.05) is 12.6 Å². The number of hydrogen-bond donors (Lipinski definition) is 0. The molecule has 0 spiro atoms. The van der Waals surface area contributed by atoms with Gasteiger partial charge in [0.15, 0.2) is 12.4 Å². The third kappa shape index (κ3) is 4.90. The number of benzene rings is 2. The molecule has 0 amide bonds. The molecule has 25 heavy (non-hydrogen) atoms. The van der Waals surface area contributed by atoms with E-state index in [1.807, 2.05) is 13.0 Å². The minimum Gasteiger partial charge on any atom is -0.454 e. The van der Waals surface area contributed by atoms with E-state index >= 15 is 0 Å². The lowest BCUT2D eigenvalue weighted by Crippen LogP contribution is -2.24. The van der Waals surface area contributed by atoms with Crippen molar-refractivity contribution >= 4 is 27.5 Å².